The second-order valence-electron chi connectivity index (χ2n) is 7.87. The van der Waals surface area contributed by atoms with Gasteiger partial charge in [-0.3, -0.25) is 4.90 Å². The second kappa shape index (κ2) is 10.6. The Balaban J connectivity index is 1.88. The van der Waals surface area contributed by atoms with Crippen LogP contribution in [-0.4, -0.2) is 25.6 Å². The van der Waals surface area contributed by atoms with Crippen molar-refractivity contribution in [3.05, 3.63) is 71.8 Å². The number of nitrogens with zero attached hydrogens (tertiary/aromatic N) is 1. The third kappa shape index (κ3) is 7.90. The molecule has 2 aromatic carbocycles. The van der Waals surface area contributed by atoms with E-state index in [1.54, 1.807) is 7.11 Å². The molecule has 0 aliphatic carbocycles. The van der Waals surface area contributed by atoms with E-state index in [1.807, 2.05) is 42.5 Å². The van der Waals surface area contributed by atoms with Gasteiger partial charge in [-0.15, -0.1) is 0 Å². The van der Waals surface area contributed by atoms with Gasteiger partial charge in [-0.05, 0) is 57.7 Å². The van der Waals surface area contributed by atoms with Crippen LogP contribution in [0.25, 0.3) is 0 Å². The lowest BCUT2D eigenvalue weighted by atomic mass is 9.98. The van der Waals surface area contributed by atoms with Crippen LogP contribution in [0.1, 0.15) is 31.9 Å². The first-order chi connectivity index (χ1) is 13.4. The summed E-state index contributed by atoms with van der Waals surface area (Å²) < 4.78 is 11.4. The molecule has 2 rings (SSSR count). The maximum Gasteiger partial charge on any atom is 0.125 e. The van der Waals surface area contributed by atoms with E-state index in [1.165, 1.54) is 5.56 Å². The quantitative estimate of drug-likeness (QED) is 0.582. The molecule has 3 heteroatoms. The van der Waals surface area contributed by atoms with Crippen LogP contribution in [0.5, 0.6) is 11.5 Å². The molecule has 0 unspecified atom stereocenters. The molecular weight excluding hydrogens is 346 g/mol. The van der Waals surface area contributed by atoms with Crippen LogP contribution in [0.2, 0.25) is 0 Å². The van der Waals surface area contributed by atoms with Crippen molar-refractivity contribution in [2.75, 3.05) is 20.7 Å². The molecule has 0 heterocycles. The molecular formula is C25H31NO2. The molecule has 0 aliphatic rings. The summed E-state index contributed by atoms with van der Waals surface area (Å²) in [5, 5.41) is 0. The Bertz CT molecular complexity index is 837. The fourth-order valence-corrected chi connectivity index (χ4v) is 2.64. The van der Waals surface area contributed by atoms with Crippen LogP contribution >= 0.6 is 0 Å². The first-order valence-electron chi connectivity index (χ1n) is 9.57. The minimum atomic E-state index is 0.0421. The normalized spacial score (nSPS) is 11.4. The van der Waals surface area contributed by atoms with Crippen LogP contribution in [0.3, 0.4) is 0 Å². The highest BCUT2D eigenvalue weighted by atomic mass is 16.5. The standard InChI is InChI=1S/C25H31NO2/c1-25(2,3)16-9-6-10-17-26(4)19-21-12-11-14-23(18-21)28-20-22-13-7-8-15-24(22)27-5/h6-8,10-15,18H,17,19-20H2,1-5H3/b10-6+. The van der Waals surface area contributed by atoms with Crippen molar-refractivity contribution in [3.63, 3.8) is 0 Å². The number of allylic oxidation sites excluding steroid dienone is 1. The van der Waals surface area contributed by atoms with Gasteiger partial charge in [-0.25, -0.2) is 0 Å². The predicted molar refractivity (Wildman–Crippen MR) is 116 cm³/mol. The van der Waals surface area contributed by atoms with Crippen molar-refractivity contribution < 1.29 is 9.47 Å². The number of para-hydroxylation sites is 1. The zero-order chi connectivity index (χ0) is 20.4. The molecule has 0 aliphatic heterocycles. The van der Waals surface area contributed by atoms with E-state index in [2.05, 4.69) is 62.8 Å². The van der Waals surface area contributed by atoms with E-state index in [0.29, 0.717) is 6.61 Å². The van der Waals surface area contributed by atoms with E-state index in [-0.39, 0.29) is 5.41 Å². The summed E-state index contributed by atoms with van der Waals surface area (Å²) in [5.41, 5.74) is 2.30. The Kier molecular flexibility index (Phi) is 8.17. The van der Waals surface area contributed by atoms with Crippen LogP contribution in [0, 0.1) is 17.3 Å². The second-order valence-corrected chi connectivity index (χ2v) is 7.87. The lowest BCUT2D eigenvalue weighted by Gasteiger charge is -2.15. The summed E-state index contributed by atoms with van der Waals surface area (Å²) in [4.78, 5) is 2.24. The smallest absolute Gasteiger partial charge is 0.125 e. The highest BCUT2D eigenvalue weighted by Crippen LogP contribution is 2.21. The molecule has 0 aromatic heterocycles. The Hall–Kier alpha value is -2.70. The zero-order valence-electron chi connectivity index (χ0n) is 17.7. The topological polar surface area (TPSA) is 21.7 Å². The van der Waals surface area contributed by atoms with Gasteiger partial charge >= 0.3 is 0 Å². The molecule has 148 valence electrons. The summed E-state index contributed by atoms with van der Waals surface area (Å²) in [6.07, 6.45) is 4.04. The number of likely N-dealkylation sites (N-methyl/N-ethyl adjacent to an activating group) is 1. The number of ether oxygens (including phenoxy) is 2. The van der Waals surface area contributed by atoms with Gasteiger partial charge in [-0.2, -0.15) is 0 Å². The summed E-state index contributed by atoms with van der Waals surface area (Å²) >= 11 is 0. The van der Waals surface area contributed by atoms with Gasteiger partial charge in [0.15, 0.2) is 0 Å². The van der Waals surface area contributed by atoms with Gasteiger partial charge in [0.05, 0.1) is 7.11 Å². The highest BCUT2D eigenvalue weighted by Gasteiger charge is 2.05. The fourth-order valence-electron chi connectivity index (χ4n) is 2.64. The van der Waals surface area contributed by atoms with Gasteiger partial charge in [0.1, 0.15) is 18.1 Å². The summed E-state index contributed by atoms with van der Waals surface area (Å²) in [7, 11) is 3.78. The van der Waals surface area contributed by atoms with Crippen LogP contribution in [0.4, 0.5) is 0 Å². The molecule has 0 spiro atoms. The lowest BCUT2D eigenvalue weighted by molar-refractivity contribution is 0.295. The molecule has 3 nitrogen and oxygen atoms in total. The third-order valence-corrected chi connectivity index (χ3v) is 4.00. The van der Waals surface area contributed by atoms with Gasteiger partial charge in [0.2, 0.25) is 0 Å². The van der Waals surface area contributed by atoms with Gasteiger partial charge in [-0.1, -0.05) is 48.2 Å². The number of benzene rings is 2. The number of hydrogen-bond donors (Lipinski definition) is 0. The van der Waals surface area contributed by atoms with Crippen molar-refractivity contribution in [1.29, 1.82) is 0 Å². The first kappa shape index (κ1) is 21.6. The average molecular weight is 378 g/mol. The van der Waals surface area contributed by atoms with Crippen molar-refractivity contribution in [2.45, 2.75) is 33.9 Å². The molecule has 0 amide bonds. The Labute approximate surface area is 170 Å². The van der Waals surface area contributed by atoms with E-state index < -0.39 is 0 Å². The molecule has 0 fully saturated rings. The molecule has 28 heavy (non-hydrogen) atoms. The molecule has 2 aromatic rings. The van der Waals surface area contributed by atoms with Crippen molar-refractivity contribution in [1.82, 2.24) is 4.90 Å². The molecule has 0 atom stereocenters. The van der Waals surface area contributed by atoms with Crippen LogP contribution in [0.15, 0.2) is 60.7 Å². The maximum absolute atomic E-state index is 5.97. The van der Waals surface area contributed by atoms with Gasteiger partial charge < -0.3 is 9.47 Å². The zero-order valence-corrected chi connectivity index (χ0v) is 17.7. The monoisotopic (exact) mass is 377 g/mol. The van der Waals surface area contributed by atoms with E-state index in [4.69, 9.17) is 9.47 Å². The van der Waals surface area contributed by atoms with Gasteiger partial charge in [0.25, 0.3) is 0 Å². The highest BCUT2D eigenvalue weighted by molar-refractivity contribution is 5.34. The number of hydrogen-bond acceptors (Lipinski definition) is 3. The van der Waals surface area contributed by atoms with Gasteiger partial charge in [0, 0.05) is 24.1 Å². The maximum atomic E-state index is 5.97. The summed E-state index contributed by atoms with van der Waals surface area (Å²) in [6.45, 7) is 8.53. The number of rotatable bonds is 8. The van der Waals surface area contributed by atoms with E-state index in [0.717, 1.165) is 30.2 Å². The lowest BCUT2D eigenvalue weighted by Crippen LogP contribution is -2.17. The largest absolute Gasteiger partial charge is 0.496 e. The summed E-state index contributed by atoms with van der Waals surface area (Å²) in [5.74, 6) is 8.03. The molecule has 0 bridgehead atoms. The SMILES string of the molecule is COc1ccccc1COc1cccc(CN(C)C/C=C/C#CC(C)(C)C)c1. The molecule has 0 saturated heterocycles. The summed E-state index contributed by atoms with van der Waals surface area (Å²) in [6, 6.07) is 16.2. The van der Waals surface area contributed by atoms with E-state index >= 15 is 0 Å². The molecule has 0 radical (unpaired) electrons. The Morgan fingerprint density at radius 3 is 2.61 bits per heavy atom. The number of methoxy groups -OCH3 is 1. The third-order valence-electron chi connectivity index (χ3n) is 4.00. The minimum Gasteiger partial charge on any atom is -0.496 e. The fraction of sp³-hybridized carbons (Fsp3) is 0.360. The van der Waals surface area contributed by atoms with Crippen molar-refractivity contribution >= 4 is 0 Å². The van der Waals surface area contributed by atoms with Crippen molar-refractivity contribution in [3.8, 4) is 23.3 Å². The molecule has 0 N–H and O–H groups in total. The predicted octanol–water partition coefficient (Wildman–Crippen LogP) is 5.31. The first-order valence-corrected chi connectivity index (χ1v) is 9.57. The molecule has 0 saturated carbocycles. The Morgan fingerprint density at radius 2 is 1.86 bits per heavy atom. The Morgan fingerprint density at radius 1 is 1.07 bits per heavy atom. The minimum absolute atomic E-state index is 0.0421. The van der Waals surface area contributed by atoms with Crippen molar-refractivity contribution in [2.24, 2.45) is 5.41 Å². The van der Waals surface area contributed by atoms with Crippen LogP contribution in [-0.2, 0) is 13.2 Å². The average Bonchev–Trinajstić information content (AvgIpc) is 2.65. The van der Waals surface area contributed by atoms with E-state index in [9.17, 15) is 0 Å². The van der Waals surface area contributed by atoms with Crippen LogP contribution < -0.4 is 9.47 Å².